The van der Waals surface area contributed by atoms with Crippen molar-refractivity contribution in [2.45, 2.75) is 0 Å². The van der Waals surface area contributed by atoms with Gasteiger partial charge in [0, 0.05) is 44.9 Å². The Labute approximate surface area is 306 Å². The van der Waals surface area contributed by atoms with E-state index in [-0.39, 0.29) is 0 Å². The predicted molar refractivity (Wildman–Crippen MR) is 218 cm³/mol. The van der Waals surface area contributed by atoms with Crippen LogP contribution in [-0.2, 0) is 0 Å². The topological polar surface area (TPSA) is 42.4 Å². The Kier molecular flexibility index (Phi) is 7.43. The maximum atomic E-state index is 6.60. The number of hydrogen-bond donors (Lipinski definition) is 0. The Morgan fingerprint density at radius 2 is 0.925 bits per heavy atom. The summed E-state index contributed by atoms with van der Waals surface area (Å²) in [6, 6.07) is 67.6. The van der Waals surface area contributed by atoms with Crippen LogP contribution in [0.5, 0.6) is 0 Å². The van der Waals surface area contributed by atoms with Gasteiger partial charge in [-0.25, -0.2) is 4.98 Å². The van der Waals surface area contributed by atoms with Gasteiger partial charge in [-0.1, -0.05) is 140 Å². The molecule has 0 aliphatic rings. The molecule has 0 fully saturated rings. The quantitative estimate of drug-likeness (QED) is 0.168. The summed E-state index contributed by atoms with van der Waals surface area (Å²) < 4.78 is 12.8. The van der Waals surface area contributed by atoms with Gasteiger partial charge in [0.25, 0.3) is 0 Å². The number of nitrogens with zero attached hydrogens (tertiary/aromatic N) is 2. The van der Waals surface area contributed by atoms with E-state index in [0.29, 0.717) is 5.89 Å². The first-order chi connectivity index (χ1) is 26.3. The third-order valence-corrected chi connectivity index (χ3v) is 9.93. The molecule has 0 bridgehead atoms. The van der Waals surface area contributed by atoms with Crippen LogP contribution in [0.3, 0.4) is 0 Å². The van der Waals surface area contributed by atoms with Gasteiger partial charge in [0.1, 0.15) is 16.7 Å². The Hall–Kier alpha value is -7.17. The molecule has 0 unspecified atom stereocenters. The van der Waals surface area contributed by atoms with E-state index in [4.69, 9.17) is 13.8 Å². The molecule has 0 N–H and O–H groups in total. The minimum absolute atomic E-state index is 0.603. The fourth-order valence-corrected chi connectivity index (χ4v) is 7.33. The maximum absolute atomic E-state index is 6.60. The van der Waals surface area contributed by atoms with Crippen LogP contribution in [0.2, 0.25) is 0 Å². The van der Waals surface area contributed by atoms with Crippen LogP contribution in [0.1, 0.15) is 0 Å². The molecule has 4 heteroatoms. The lowest BCUT2D eigenvalue weighted by molar-refractivity contribution is 0.620. The van der Waals surface area contributed by atoms with Crippen molar-refractivity contribution in [1.29, 1.82) is 0 Å². The van der Waals surface area contributed by atoms with Crippen LogP contribution in [0.4, 0.5) is 17.1 Å². The van der Waals surface area contributed by atoms with E-state index in [9.17, 15) is 0 Å². The molecule has 0 spiro atoms. The summed E-state index contributed by atoms with van der Waals surface area (Å²) in [5.41, 5.74) is 14.1. The minimum atomic E-state index is 0.603. The lowest BCUT2D eigenvalue weighted by Gasteiger charge is -2.28. The number of anilines is 3. The Balaban J connectivity index is 1.06. The minimum Gasteiger partial charge on any atom is -0.455 e. The lowest BCUT2D eigenvalue weighted by Crippen LogP contribution is -2.11. The highest BCUT2D eigenvalue weighted by atomic mass is 16.4. The molecular weight excluding hydrogens is 649 g/mol. The summed E-state index contributed by atoms with van der Waals surface area (Å²) >= 11 is 0. The Morgan fingerprint density at radius 1 is 0.377 bits per heavy atom. The highest BCUT2D eigenvalue weighted by Gasteiger charge is 2.19. The van der Waals surface area contributed by atoms with Crippen molar-refractivity contribution in [3.63, 3.8) is 0 Å². The number of aromatic nitrogens is 1. The van der Waals surface area contributed by atoms with Gasteiger partial charge in [-0.2, -0.15) is 0 Å². The summed E-state index contributed by atoms with van der Waals surface area (Å²) in [6.45, 7) is 0. The van der Waals surface area contributed by atoms with Gasteiger partial charge in [0.2, 0.25) is 5.89 Å². The highest BCUT2D eigenvalue weighted by Crippen LogP contribution is 2.43. The maximum Gasteiger partial charge on any atom is 0.227 e. The van der Waals surface area contributed by atoms with Gasteiger partial charge in [-0.15, -0.1) is 0 Å². The first-order valence-corrected chi connectivity index (χ1v) is 17.8. The summed E-state index contributed by atoms with van der Waals surface area (Å²) in [7, 11) is 0. The smallest absolute Gasteiger partial charge is 0.227 e. The van der Waals surface area contributed by atoms with Crippen LogP contribution in [0, 0.1) is 0 Å². The average Bonchev–Trinajstić information content (AvgIpc) is 3.82. The molecule has 0 saturated carbocycles. The van der Waals surface area contributed by atoms with E-state index < -0.39 is 0 Å². The number of benzene rings is 8. The van der Waals surface area contributed by atoms with Crippen molar-refractivity contribution in [2.75, 3.05) is 4.90 Å². The van der Waals surface area contributed by atoms with E-state index in [1.165, 1.54) is 16.7 Å². The predicted octanol–water partition coefficient (Wildman–Crippen LogP) is 13.9. The van der Waals surface area contributed by atoms with Gasteiger partial charge in [-0.3, -0.25) is 0 Å². The molecule has 250 valence electrons. The molecule has 0 atom stereocenters. The van der Waals surface area contributed by atoms with Crippen LogP contribution in [0.15, 0.2) is 203 Å². The second-order valence-electron chi connectivity index (χ2n) is 13.2. The molecule has 0 aliphatic carbocycles. The average molecular weight is 681 g/mol. The van der Waals surface area contributed by atoms with E-state index in [0.717, 1.165) is 72.4 Å². The van der Waals surface area contributed by atoms with Crippen LogP contribution >= 0.6 is 0 Å². The third kappa shape index (κ3) is 5.54. The highest BCUT2D eigenvalue weighted by molar-refractivity contribution is 6.12. The van der Waals surface area contributed by atoms with Crippen LogP contribution in [0.25, 0.3) is 77.9 Å². The largest absolute Gasteiger partial charge is 0.455 e. The van der Waals surface area contributed by atoms with Crippen molar-refractivity contribution in [3.05, 3.63) is 194 Å². The second kappa shape index (κ2) is 12.9. The number of para-hydroxylation sites is 2. The van der Waals surface area contributed by atoms with Gasteiger partial charge >= 0.3 is 0 Å². The van der Waals surface area contributed by atoms with Gasteiger partial charge in [0.15, 0.2) is 5.58 Å². The number of furan rings is 1. The standard InChI is InChI=1S/C49H32N2O2/c1-4-13-33(14-5-1)34-23-27-38(28-24-34)51(45-22-11-10-19-40(45)35-15-6-2-7-16-35)39-29-25-36(26-30-39)41-20-12-21-42-43-31-47-44(32-46(43)52-48(41)42)50-49(53-47)37-17-8-3-9-18-37/h1-32H. The van der Waals surface area contributed by atoms with Crippen LogP contribution < -0.4 is 4.90 Å². The zero-order valence-electron chi connectivity index (χ0n) is 28.7. The van der Waals surface area contributed by atoms with Crippen molar-refractivity contribution in [1.82, 2.24) is 4.98 Å². The molecule has 0 aliphatic heterocycles. The fraction of sp³-hybridized carbons (Fsp3) is 0. The summed E-state index contributed by atoms with van der Waals surface area (Å²) in [6.07, 6.45) is 0. The van der Waals surface area contributed by atoms with Crippen molar-refractivity contribution in [3.8, 4) is 44.8 Å². The first kappa shape index (κ1) is 30.6. The van der Waals surface area contributed by atoms with Gasteiger partial charge in [0.05, 0.1) is 5.69 Å². The number of rotatable bonds is 7. The zero-order chi connectivity index (χ0) is 35.1. The molecular formula is C49H32N2O2. The normalized spacial score (nSPS) is 11.4. The Morgan fingerprint density at radius 3 is 1.62 bits per heavy atom. The summed E-state index contributed by atoms with van der Waals surface area (Å²) in [5.74, 6) is 0.603. The van der Waals surface area contributed by atoms with Gasteiger partial charge in [-0.05, 0) is 70.8 Å². The molecule has 0 radical (unpaired) electrons. The van der Waals surface area contributed by atoms with Crippen molar-refractivity contribution in [2.24, 2.45) is 0 Å². The number of hydrogen-bond acceptors (Lipinski definition) is 4. The lowest BCUT2D eigenvalue weighted by atomic mass is 9.99. The molecule has 53 heavy (non-hydrogen) atoms. The molecule has 0 amide bonds. The van der Waals surface area contributed by atoms with E-state index in [1.807, 2.05) is 42.5 Å². The van der Waals surface area contributed by atoms with Crippen LogP contribution in [-0.4, -0.2) is 4.98 Å². The monoisotopic (exact) mass is 680 g/mol. The first-order valence-electron chi connectivity index (χ1n) is 17.8. The van der Waals surface area contributed by atoms with Crippen molar-refractivity contribution < 1.29 is 8.83 Å². The summed E-state index contributed by atoms with van der Waals surface area (Å²) in [5, 5.41) is 2.04. The zero-order valence-corrected chi connectivity index (χ0v) is 28.7. The fourth-order valence-electron chi connectivity index (χ4n) is 7.33. The molecule has 2 aromatic heterocycles. The second-order valence-corrected chi connectivity index (χ2v) is 13.2. The molecule has 8 aromatic carbocycles. The molecule has 4 nitrogen and oxygen atoms in total. The van der Waals surface area contributed by atoms with E-state index in [2.05, 4.69) is 157 Å². The van der Waals surface area contributed by atoms with Gasteiger partial charge < -0.3 is 13.7 Å². The van der Waals surface area contributed by atoms with E-state index in [1.54, 1.807) is 0 Å². The number of fused-ring (bicyclic) bond motifs is 4. The molecule has 10 rings (SSSR count). The number of oxazole rings is 1. The molecule has 10 aromatic rings. The van der Waals surface area contributed by atoms with E-state index >= 15 is 0 Å². The molecule has 2 heterocycles. The Bertz CT molecular complexity index is 2860. The third-order valence-electron chi connectivity index (χ3n) is 9.93. The molecule has 0 saturated heterocycles. The SMILES string of the molecule is c1ccc(-c2ccc(N(c3ccc(-c4cccc5c4oc4cc6nc(-c7ccccc7)oc6cc45)cc3)c3ccccc3-c3ccccc3)cc2)cc1. The van der Waals surface area contributed by atoms with Crippen molar-refractivity contribution >= 4 is 50.1 Å². The summed E-state index contributed by atoms with van der Waals surface area (Å²) in [4.78, 5) is 7.12.